The third kappa shape index (κ3) is 1.79. The van der Waals surface area contributed by atoms with Crippen molar-refractivity contribution in [2.24, 2.45) is 0 Å². The lowest BCUT2D eigenvalue weighted by atomic mass is 10.2. The average molecular weight is 165 g/mol. The molecule has 0 atom stereocenters. The highest BCUT2D eigenvalue weighted by Crippen LogP contribution is 1.98. The summed E-state index contributed by atoms with van der Waals surface area (Å²) in [5, 5.41) is 1.41. The molecule has 4 heteroatoms. The SMILES string of the molecule is CNN(C)C(=O)c1ccncc1. The second kappa shape index (κ2) is 3.82. The van der Waals surface area contributed by atoms with Gasteiger partial charge in [0.2, 0.25) is 0 Å². The monoisotopic (exact) mass is 165 g/mol. The van der Waals surface area contributed by atoms with Crippen molar-refractivity contribution in [2.75, 3.05) is 14.1 Å². The van der Waals surface area contributed by atoms with Crippen molar-refractivity contribution >= 4 is 5.91 Å². The lowest BCUT2D eigenvalue weighted by Crippen LogP contribution is -2.36. The first-order valence-corrected chi connectivity index (χ1v) is 3.61. The third-order valence-corrected chi connectivity index (χ3v) is 1.57. The number of hydrazine groups is 1. The topological polar surface area (TPSA) is 45.2 Å². The Kier molecular flexibility index (Phi) is 2.76. The van der Waals surface area contributed by atoms with Crippen LogP contribution in [-0.2, 0) is 0 Å². The van der Waals surface area contributed by atoms with Gasteiger partial charge >= 0.3 is 0 Å². The van der Waals surface area contributed by atoms with Crippen LogP contribution >= 0.6 is 0 Å². The Labute approximate surface area is 71.2 Å². The molecular formula is C8H11N3O. The van der Waals surface area contributed by atoms with Crippen LogP contribution in [0.1, 0.15) is 10.4 Å². The number of hydrogen-bond donors (Lipinski definition) is 1. The number of rotatable bonds is 2. The Balaban J connectivity index is 2.79. The minimum atomic E-state index is -0.0695. The zero-order valence-electron chi connectivity index (χ0n) is 7.11. The van der Waals surface area contributed by atoms with Crippen LogP contribution in [0.25, 0.3) is 0 Å². The lowest BCUT2D eigenvalue weighted by Gasteiger charge is -2.14. The van der Waals surface area contributed by atoms with Crippen molar-refractivity contribution in [3.63, 3.8) is 0 Å². The summed E-state index contributed by atoms with van der Waals surface area (Å²) in [7, 11) is 3.36. The molecule has 0 radical (unpaired) electrons. The van der Waals surface area contributed by atoms with Gasteiger partial charge in [-0.05, 0) is 12.1 Å². The van der Waals surface area contributed by atoms with Gasteiger partial charge in [0.25, 0.3) is 5.91 Å². The van der Waals surface area contributed by atoms with Gasteiger partial charge in [-0.3, -0.25) is 14.8 Å². The molecular weight excluding hydrogens is 154 g/mol. The minimum absolute atomic E-state index is 0.0695. The Morgan fingerprint density at radius 3 is 2.58 bits per heavy atom. The molecule has 1 aromatic heterocycles. The highest BCUT2D eigenvalue weighted by molar-refractivity contribution is 5.93. The number of carbonyl (C=O) groups excluding carboxylic acids is 1. The number of hydrogen-bond acceptors (Lipinski definition) is 3. The van der Waals surface area contributed by atoms with Gasteiger partial charge in [0.05, 0.1) is 0 Å². The first-order chi connectivity index (χ1) is 5.75. The summed E-state index contributed by atoms with van der Waals surface area (Å²) in [6.07, 6.45) is 3.19. The maximum Gasteiger partial charge on any atom is 0.267 e. The number of carbonyl (C=O) groups is 1. The van der Waals surface area contributed by atoms with Crippen LogP contribution in [0.5, 0.6) is 0 Å². The van der Waals surface area contributed by atoms with E-state index < -0.39 is 0 Å². The van der Waals surface area contributed by atoms with E-state index in [2.05, 4.69) is 10.4 Å². The molecule has 4 nitrogen and oxygen atoms in total. The van der Waals surface area contributed by atoms with Crippen LogP contribution in [0.4, 0.5) is 0 Å². The zero-order valence-corrected chi connectivity index (χ0v) is 7.11. The Morgan fingerprint density at radius 1 is 1.50 bits per heavy atom. The second-order valence-electron chi connectivity index (χ2n) is 2.32. The predicted octanol–water partition coefficient (Wildman–Crippen LogP) is 0.288. The summed E-state index contributed by atoms with van der Waals surface area (Å²) in [5.41, 5.74) is 3.35. The van der Waals surface area contributed by atoms with E-state index >= 15 is 0 Å². The van der Waals surface area contributed by atoms with Crippen molar-refractivity contribution in [3.8, 4) is 0 Å². The van der Waals surface area contributed by atoms with E-state index in [9.17, 15) is 4.79 Å². The van der Waals surface area contributed by atoms with Gasteiger partial charge in [-0.25, -0.2) is 5.43 Å². The van der Waals surface area contributed by atoms with Crippen molar-refractivity contribution in [1.29, 1.82) is 0 Å². The fraction of sp³-hybridized carbons (Fsp3) is 0.250. The van der Waals surface area contributed by atoms with E-state index in [-0.39, 0.29) is 5.91 Å². The van der Waals surface area contributed by atoms with E-state index in [4.69, 9.17) is 0 Å². The number of nitrogens with one attached hydrogen (secondary N) is 1. The van der Waals surface area contributed by atoms with E-state index in [0.29, 0.717) is 5.56 Å². The Hall–Kier alpha value is -1.42. The van der Waals surface area contributed by atoms with Gasteiger partial charge in [0, 0.05) is 32.1 Å². The molecule has 64 valence electrons. The molecule has 12 heavy (non-hydrogen) atoms. The highest BCUT2D eigenvalue weighted by atomic mass is 16.2. The van der Waals surface area contributed by atoms with E-state index in [1.165, 1.54) is 5.01 Å². The van der Waals surface area contributed by atoms with E-state index in [0.717, 1.165) is 0 Å². The van der Waals surface area contributed by atoms with E-state index in [1.807, 2.05) is 0 Å². The van der Waals surface area contributed by atoms with Crippen LogP contribution in [0, 0.1) is 0 Å². The predicted molar refractivity (Wildman–Crippen MR) is 45.4 cm³/mol. The lowest BCUT2D eigenvalue weighted by molar-refractivity contribution is 0.0735. The smallest absolute Gasteiger partial charge is 0.267 e. The van der Waals surface area contributed by atoms with Gasteiger partial charge in [-0.2, -0.15) is 0 Å². The average Bonchev–Trinajstić information content (AvgIpc) is 2.17. The normalized spacial score (nSPS) is 9.50. The minimum Gasteiger partial charge on any atom is -0.277 e. The molecule has 0 unspecified atom stereocenters. The Morgan fingerprint density at radius 2 is 2.08 bits per heavy atom. The maximum atomic E-state index is 11.4. The number of aromatic nitrogens is 1. The molecule has 1 rings (SSSR count). The molecule has 1 heterocycles. The van der Waals surface area contributed by atoms with Gasteiger partial charge in [-0.15, -0.1) is 0 Å². The zero-order chi connectivity index (χ0) is 8.97. The second-order valence-corrected chi connectivity index (χ2v) is 2.32. The van der Waals surface area contributed by atoms with Crippen LogP contribution < -0.4 is 5.43 Å². The molecule has 1 amide bonds. The van der Waals surface area contributed by atoms with E-state index in [1.54, 1.807) is 38.6 Å². The van der Waals surface area contributed by atoms with Crippen LogP contribution in [0.2, 0.25) is 0 Å². The van der Waals surface area contributed by atoms with Gasteiger partial charge in [-0.1, -0.05) is 0 Å². The van der Waals surface area contributed by atoms with Crippen LogP contribution in [-0.4, -0.2) is 30.0 Å². The summed E-state index contributed by atoms with van der Waals surface area (Å²) < 4.78 is 0. The molecule has 1 N–H and O–H groups in total. The van der Waals surface area contributed by atoms with Crippen LogP contribution in [0.15, 0.2) is 24.5 Å². The van der Waals surface area contributed by atoms with Gasteiger partial charge in [0.1, 0.15) is 0 Å². The highest BCUT2D eigenvalue weighted by Gasteiger charge is 2.07. The summed E-state index contributed by atoms with van der Waals surface area (Å²) in [6.45, 7) is 0. The number of pyridine rings is 1. The summed E-state index contributed by atoms with van der Waals surface area (Å²) >= 11 is 0. The molecule has 0 saturated carbocycles. The van der Waals surface area contributed by atoms with Gasteiger partial charge in [0.15, 0.2) is 0 Å². The largest absolute Gasteiger partial charge is 0.277 e. The maximum absolute atomic E-state index is 11.4. The summed E-state index contributed by atoms with van der Waals surface area (Å²) in [4.78, 5) is 15.2. The fourth-order valence-electron chi connectivity index (χ4n) is 0.790. The molecule has 0 aliphatic rings. The first kappa shape index (κ1) is 8.67. The van der Waals surface area contributed by atoms with Crippen molar-refractivity contribution in [2.45, 2.75) is 0 Å². The fourth-order valence-corrected chi connectivity index (χ4v) is 0.790. The summed E-state index contributed by atoms with van der Waals surface area (Å²) in [5.74, 6) is -0.0695. The molecule has 0 aliphatic heterocycles. The number of amides is 1. The van der Waals surface area contributed by atoms with Crippen molar-refractivity contribution < 1.29 is 4.79 Å². The summed E-state index contributed by atoms with van der Waals surface area (Å²) in [6, 6.07) is 3.35. The van der Waals surface area contributed by atoms with Gasteiger partial charge < -0.3 is 0 Å². The van der Waals surface area contributed by atoms with Crippen molar-refractivity contribution in [1.82, 2.24) is 15.4 Å². The molecule has 0 aliphatic carbocycles. The van der Waals surface area contributed by atoms with Crippen molar-refractivity contribution in [3.05, 3.63) is 30.1 Å². The molecule has 0 bridgehead atoms. The standard InChI is InChI=1S/C8H11N3O/c1-9-11(2)8(12)7-3-5-10-6-4-7/h3-6,9H,1-2H3. The first-order valence-electron chi connectivity index (χ1n) is 3.61. The van der Waals surface area contributed by atoms with Crippen LogP contribution in [0.3, 0.4) is 0 Å². The third-order valence-electron chi connectivity index (χ3n) is 1.57. The Bertz CT molecular complexity index is 260. The molecule has 0 saturated heterocycles. The molecule has 0 spiro atoms. The molecule has 1 aromatic rings. The molecule has 0 aromatic carbocycles. The molecule has 0 fully saturated rings. The quantitative estimate of drug-likeness (QED) is 0.640. The number of nitrogens with zero attached hydrogens (tertiary/aromatic N) is 2.